The molecule has 1 aromatic carbocycles. The normalized spacial score (nSPS) is 12.2. The average molecular weight is 370 g/mol. The molecule has 3 nitrogen and oxygen atoms in total. The summed E-state index contributed by atoms with van der Waals surface area (Å²) in [6.07, 6.45) is 0.558. The van der Waals surface area contributed by atoms with Crippen LogP contribution in [0.3, 0.4) is 0 Å². The van der Waals surface area contributed by atoms with Gasteiger partial charge in [0, 0.05) is 22.3 Å². The molecule has 0 aliphatic carbocycles. The van der Waals surface area contributed by atoms with Crippen molar-refractivity contribution in [3.63, 3.8) is 0 Å². The number of hydrogen-bond donors (Lipinski definition) is 0. The van der Waals surface area contributed by atoms with Crippen LogP contribution in [-0.4, -0.2) is 31.7 Å². The van der Waals surface area contributed by atoms with Crippen LogP contribution < -0.4 is 0 Å². The zero-order chi connectivity index (χ0) is 17.7. The summed E-state index contributed by atoms with van der Waals surface area (Å²) in [7, 11) is -3.36. The monoisotopic (exact) mass is 369 g/mol. The first-order valence-corrected chi connectivity index (χ1v) is 10.5. The zero-order valence-corrected chi connectivity index (χ0v) is 16.0. The van der Waals surface area contributed by atoms with Crippen LogP contribution in [-0.2, 0) is 16.4 Å². The molecule has 0 bridgehead atoms. The Bertz CT molecular complexity index is 752. The number of thiophene rings is 1. The molecule has 0 aliphatic heterocycles. The summed E-state index contributed by atoms with van der Waals surface area (Å²) in [5, 5.41) is 0. The van der Waals surface area contributed by atoms with Crippen molar-refractivity contribution in [2.24, 2.45) is 0 Å². The quantitative estimate of drug-likeness (QED) is 0.652. The predicted molar refractivity (Wildman–Crippen MR) is 97.7 cm³/mol. The van der Waals surface area contributed by atoms with Gasteiger partial charge in [0.05, 0.1) is 10.6 Å². The topological polar surface area (TPSA) is 37.4 Å². The molecule has 0 saturated heterocycles. The van der Waals surface area contributed by atoms with E-state index in [1.165, 1.54) is 34.0 Å². The van der Waals surface area contributed by atoms with E-state index in [1.54, 1.807) is 11.3 Å². The van der Waals surface area contributed by atoms with Gasteiger partial charge in [-0.2, -0.15) is 0 Å². The number of sulfone groups is 1. The van der Waals surface area contributed by atoms with Crippen molar-refractivity contribution < 1.29 is 12.8 Å². The highest BCUT2D eigenvalue weighted by molar-refractivity contribution is 7.91. The second-order valence-corrected chi connectivity index (χ2v) is 9.68. The Morgan fingerprint density at radius 1 is 1.12 bits per heavy atom. The Labute approximate surface area is 148 Å². The fourth-order valence-corrected chi connectivity index (χ4v) is 4.72. The maximum absolute atomic E-state index is 12.9. The Kier molecular flexibility index (Phi) is 6.54. The number of benzene rings is 1. The summed E-state index contributed by atoms with van der Waals surface area (Å²) < 4.78 is 37.6. The van der Waals surface area contributed by atoms with Gasteiger partial charge in [0.15, 0.2) is 9.84 Å². The molecule has 2 aromatic rings. The van der Waals surface area contributed by atoms with Crippen molar-refractivity contribution in [3.8, 4) is 0 Å². The second-order valence-electron chi connectivity index (χ2n) is 6.20. The van der Waals surface area contributed by atoms with Crippen LogP contribution in [0.25, 0.3) is 0 Å². The van der Waals surface area contributed by atoms with Gasteiger partial charge in [-0.05, 0) is 70.1 Å². The van der Waals surface area contributed by atoms with Crippen molar-refractivity contribution >= 4 is 21.2 Å². The number of hydrogen-bond acceptors (Lipinski definition) is 4. The highest BCUT2D eigenvalue weighted by atomic mass is 32.2. The van der Waals surface area contributed by atoms with Crippen LogP contribution in [0.4, 0.5) is 4.39 Å². The van der Waals surface area contributed by atoms with Gasteiger partial charge >= 0.3 is 0 Å². The third-order valence-corrected chi connectivity index (χ3v) is 6.72. The van der Waals surface area contributed by atoms with Crippen LogP contribution in [0.1, 0.15) is 30.0 Å². The lowest BCUT2D eigenvalue weighted by atomic mass is 10.2. The molecule has 1 aromatic heterocycles. The Hall–Kier alpha value is -1.24. The number of aryl methyl sites for hydroxylation is 1. The highest BCUT2D eigenvalue weighted by Crippen LogP contribution is 2.19. The summed E-state index contributed by atoms with van der Waals surface area (Å²) in [6, 6.07) is 9.63. The van der Waals surface area contributed by atoms with Gasteiger partial charge < -0.3 is 0 Å². The van der Waals surface area contributed by atoms with E-state index in [2.05, 4.69) is 37.8 Å². The average Bonchev–Trinajstić information content (AvgIpc) is 2.91. The van der Waals surface area contributed by atoms with Crippen molar-refractivity contribution in [1.29, 1.82) is 0 Å². The molecule has 0 spiro atoms. The lowest BCUT2D eigenvalue weighted by molar-refractivity contribution is 0.215. The van der Waals surface area contributed by atoms with Crippen LogP contribution in [0.2, 0.25) is 0 Å². The molecule has 0 unspecified atom stereocenters. The standard InChI is InChI=1S/C18H24FNO2S2/c1-14(2)20(13-17-8-5-15(3)23-17)11-4-12-24(21,22)18-9-6-16(19)7-10-18/h5-10,14H,4,11-13H2,1-3H3. The Morgan fingerprint density at radius 3 is 2.33 bits per heavy atom. The van der Waals surface area contributed by atoms with Gasteiger partial charge in [-0.25, -0.2) is 12.8 Å². The largest absolute Gasteiger partial charge is 0.296 e. The maximum atomic E-state index is 12.9. The minimum absolute atomic E-state index is 0.0747. The molecule has 0 atom stereocenters. The number of halogens is 1. The molecular weight excluding hydrogens is 345 g/mol. The van der Waals surface area contributed by atoms with Gasteiger partial charge in [0.25, 0.3) is 0 Å². The fourth-order valence-electron chi connectivity index (χ4n) is 2.51. The molecule has 0 saturated carbocycles. The third-order valence-electron chi connectivity index (χ3n) is 3.92. The van der Waals surface area contributed by atoms with Crippen molar-refractivity contribution in [1.82, 2.24) is 4.90 Å². The van der Waals surface area contributed by atoms with Crippen molar-refractivity contribution in [3.05, 3.63) is 52.0 Å². The summed E-state index contributed by atoms with van der Waals surface area (Å²) in [5.74, 6) is -0.350. The van der Waals surface area contributed by atoms with E-state index < -0.39 is 15.7 Å². The molecule has 0 fully saturated rings. The fraction of sp³-hybridized carbons (Fsp3) is 0.444. The predicted octanol–water partition coefficient (Wildman–Crippen LogP) is 4.27. The van der Waals surface area contributed by atoms with E-state index in [0.29, 0.717) is 12.5 Å². The van der Waals surface area contributed by atoms with Crippen LogP contribution in [0, 0.1) is 12.7 Å². The maximum Gasteiger partial charge on any atom is 0.178 e. The molecule has 0 N–H and O–H groups in total. The van der Waals surface area contributed by atoms with Crippen LogP contribution >= 0.6 is 11.3 Å². The molecule has 0 radical (unpaired) electrons. The highest BCUT2D eigenvalue weighted by Gasteiger charge is 2.17. The summed E-state index contributed by atoms with van der Waals surface area (Å²) in [6.45, 7) is 7.88. The van der Waals surface area contributed by atoms with Crippen LogP contribution in [0.5, 0.6) is 0 Å². The zero-order valence-electron chi connectivity index (χ0n) is 14.3. The smallest absolute Gasteiger partial charge is 0.178 e. The molecule has 132 valence electrons. The minimum Gasteiger partial charge on any atom is -0.296 e. The molecular formula is C18H24FNO2S2. The second kappa shape index (κ2) is 8.23. The molecule has 24 heavy (non-hydrogen) atoms. The molecule has 0 amide bonds. The van der Waals surface area contributed by atoms with E-state index in [0.717, 1.165) is 13.1 Å². The summed E-state index contributed by atoms with van der Waals surface area (Å²) >= 11 is 1.78. The SMILES string of the molecule is Cc1ccc(CN(CCCS(=O)(=O)c2ccc(F)cc2)C(C)C)s1. The van der Waals surface area contributed by atoms with Crippen molar-refractivity contribution in [2.45, 2.75) is 44.7 Å². The van der Waals surface area contributed by atoms with Gasteiger partial charge in [-0.15, -0.1) is 11.3 Å². The van der Waals surface area contributed by atoms with E-state index in [1.807, 2.05) is 0 Å². The summed E-state index contributed by atoms with van der Waals surface area (Å²) in [4.78, 5) is 5.05. The first-order valence-electron chi connectivity index (χ1n) is 8.05. The molecule has 0 aliphatic rings. The Morgan fingerprint density at radius 2 is 1.79 bits per heavy atom. The van der Waals surface area contributed by atoms with E-state index in [4.69, 9.17) is 0 Å². The molecule has 1 heterocycles. The van der Waals surface area contributed by atoms with E-state index in [9.17, 15) is 12.8 Å². The van der Waals surface area contributed by atoms with Gasteiger partial charge in [0.2, 0.25) is 0 Å². The van der Waals surface area contributed by atoms with Gasteiger partial charge in [-0.3, -0.25) is 4.90 Å². The van der Waals surface area contributed by atoms with E-state index in [-0.39, 0.29) is 10.6 Å². The molecule has 6 heteroatoms. The third kappa shape index (κ3) is 5.40. The summed E-state index contributed by atoms with van der Waals surface area (Å²) in [5.41, 5.74) is 0. The first kappa shape index (κ1) is 19.1. The minimum atomic E-state index is -3.36. The van der Waals surface area contributed by atoms with E-state index >= 15 is 0 Å². The van der Waals surface area contributed by atoms with Crippen LogP contribution in [0.15, 0.2) is 41.3 Å². The number of nitrogens with zero attached hydrogens (tertiary/aromatic N) is 1. The Balaban J connectivity index is 1.93. The number of rotatable bonds is 8. The van der Waals surface area contributed by atoms with Gasteiger partial charge in [-0.1, -0.05) is 0 Å². The lowest BCUT2D eigenvalue weighted by Gasteiger charge is -2.25. The van der Waals surface area contributed by atoms with Crippen molar-refractivity contribution in [2.75, 3.05) is 12.3 Å². The lowest BCUT2D eigenvalue weighted by Crippen LogP contribution is -2.32. The first-order chi connectivity index (χ1) is 11.3. The molecule has 2 rings (SSSR count). The van der Waals surface area contributed by atoms with Gasteiger partial charge in [0.1, 0.15) is 5.82 Å².